The number of aromatic nitrogens is 4. The first-order valence-electron chi connectivity index (χ1n) is 10.8. The van der Waals surface area contributed by atoms with Crippen molar-refractivity contribution in [2.24, 2.45) is 0 Å². The molecule has 2 N–H and O–H groups in total. The number of benzene rings is 1. The second-order valence-electron chi connectivity index (χ2n) is 7.59. The van der Waals surface area contributed by atoms with Crippen molar-refractivity contribution in [1.29, 1.82) is 0 Å². The molecule has 9 heteroatoms. The van der Waals surface area contributed by atoms with Gasteiger partial charge in [0.15, 0.2) is 20.7 Å². The highest BCUT2D eigenvalue weighted by molar-refractivity contribution is 7.91. The van der Waals surface area contributed by atoms with Gasteiger partial charge in [-0.25, -0.2) is 23.4 Å². The molecule has 0 fully saturated rings. The third-order valence-corrected chi connectivity index (χ3v) is 6.99. The van der Waals surface area contributed by atoms with Crippen LogP contribution in [0, 0.1) is 0 Å². The summed E-state index contributed by atoms with van der Waals surface area (Å²) in [5, 5.41) is 1.11. The van der Waals surface area contributed by atoms with Crippen LogP contribution in [-0.4, -0.2) is 46.9 Å². The minimum absolute atomic E-state index is 0.00590. The van der Waals surface area contributed by atoms with Gasteiger partial charge in [-0.2, -0.15) is 0 Å². The first-order valence-corrected chi connectivity index (χ1v) is 12.4. The number of fused-ring (bicyclic) bond motifs is 3. The number of nitrogens with zero attached hydrogens (tertiary/aromatic N) is 4. The Bertz CT molecular complexity index is 1320. The minimum atomic E-state index is -3.39. The van der Waals surface area contributed by atoms with Crippen LogP contribution in [0.4, 0.5) is 5.82 Å². The van der Waals surface area contributed by atoms with Gasteiger partial charge in [-0.05, 0) is 31.0 Å². The quantitative estimate of drug-likeness (QED) is 0.366. The van der Waals surface area contributed by atoms with Crippen LogP contribution in [0.25, 0.3) is 21.9 Å². The molecule has 0 aliphatic heterocycles. The van der Waals surface area contributed by atoms with Crippen LogP contribution in [0.15, 0.2) is 53.7 Å². The summed E-state index contributed by atoms with van der Waals surface area (Å²) in [6, 6.07) is 12.8. The Hall–Kier alpha value is -3.04. The zero-order valence-corrected chi connectivity index (χ0v) is 18.9. The Morgan fingerprint density at radius 2 is 1.88 bits per heavy atom. The maximum Gasteiger partial charge on any atom is 0.195 e. The lowest BCUT2D eigenvalue weighted by molar-refractivity contribution is 0.127. The maximum atomic E-state index is 12.3. The van der Waals surface area contributed by atoms with Crippen molar-refractivity contribution in [2.75, 3.05) is 24.7 Å². The first-order chi connectivity index (χ1) is 15.5. The van der Waals surface area contributed by atoms with Crippen molar-refractivity contribution in [3.63, 3.8) is 0 Å². The standard InChI is InChI=1S/C23H27N5O3S/c1-2-8-19-27-21-22(17-9-3-4-10-18(17)26-23(21)24)28(19)13-15-31-14-7-16-32(29,30)20-11-5-6-12-25-20/h3-6,9-12H,2,7-8,13-16H2,1H3,(H2,24,26). The van der Waals surface area contributed by atoms with Gasteiger partial charge in [0.05, 0.1) is 23.4 Å². The molecule has 0 atom stereocenters. The molecule has 3 heterocycles. The maximum absolute atomic E-state index is 12.3. The van der Waals surface area contributed by atoms with E-state index in [0.29, 0.717) is 37.5 Å². The van der Waals surface area contributed by atoms with Crippen LogP contribution in [0.3, 0.4) is 0 Å². The van der Waals surface area contributed by atoms with E-state index in [4.69, 9.17) is 15.5 Å². The molecule has 4 aromatic rings. The summed E-state index contributed by atoms with van der Waals surface area (Å²) in [5.74, 6) is 1.38. The summed E-state index contributed by atoms with van der Waals surface area (Å²) in [6.07, 6.45) is 3.68. The van der Waals surface area contributed by atoms with Crippen molar-refractivity contribution >= 4 is 37.6 Å². The molecule has 3 aromatic heterocycles. The van der Waals surface area contributed by atoms with Crippen molar-refractivity contribution in [3.8, 4) is 0 Å². The molecule has 0 unspecified atom stereocenters. The van der Waals surface area contributed by atoms with Gasteiger partial charge < -0.3 is 15.0 Å². The lowest BCUT2D eigenvalue weighted by Crippen LogP contribution is -2.13. The van der Waals surface area contributed by atoms with Gasteiger partial charge in [0.1, 0.15) is 11.3 Å². The highest BCUT2D eigenvalue weighted by Gasteiger charge is 2.17. The molecule has 0 aliphatic carbocycles. The van der Waals surface area contributed by atoms with E-state index in [1.165, 1.54) is 12.3 Å². The number of para-hydroxylation sites is 1. The average Bonchev–Trinajstić information content (AvgIpc) is 3.16. The van der Waals surface area contributed by atoms with E-state index in [0.717, 1.165) is 35.1 Å². The fourth-order valence-electron chi connectivity index (χ4n) is 3.80. The highest BCUT2D eigenvalue weighted by atomic mass is 32.2. The monoisotopic (exact) mass is 453 g/mol. The van der Waals surface area contributed by atoms with Crippen LogP contribution in [-0.2, 0) is 27.5 Å². The fourth-order valence-corrected chi connectivity index (χ4v) is 5.02. The van der Waals surface area contributed by atoms with Crippen molar-refractivity contribution in [3.05, 3.63) is 54.5 Å². The van der Waals surface area contributed by atoms with Crippen LogP contribution >= 0.6 is 0 Å². The molecule has 4 rings (SSSR count). The number of pyridine rings is 2. The van der Waals surface area contributed by atoms with Gasteiger partial charge in [-0.1, -0.05) is 31.2 Å². The predicted molar refractivity (Wildman–Crippen MR) is 125 cm³/mol. The van der Waals surface area contributed by atoms with Crippen LogP contribution in [0.5, 0.6) is 0 Å². The van der Waals surface area contributed by atoms with E-state index in [1.54, 1.807) is 12.1 Å². The summed E-state index contributed by atoms with van der Waals surface area (Å²) in [4.78, 5) is 13.2. The molecule has 0 spiro atoms. The number of nitrogens with two attached hydrogens (primary N) is 1. The fraction of sp³-hybridized carbons (Fsp3) is 0.348. The van der Waals surface area contributed by atoms with E-state index >= 15 is 0 Å². The zero-order chi connectivity index (χ0) is 22.6. The Morgan fingerprint density at radius 3 is 2.66 bits per heavy atom. The molecule has 0 amide bonds. The van der Waals surface area contributed by atoms with Gasteiger partial charge in [0, 0.05) is 31.2 Å². The lowest BCUT2D eigenvalue weighted by atomic mass is 10.2. The average molecular weight is 454 g/mol. The Morgan fingerprint density at radius 1 is 1.06 bits per heavy atom. The SMILES string of the molecule is CCCc1nc2c(N)nc3ccccc3c2n1CCOCCCS(=O)(=O)c1ccccn1. The zero-order valence-electron chi connectivity index (χ0n) is 18.1. The Kier molecular flexibility index (Phi) is 6.66. The molecule has 0 saturated heterocycles. The molecular weight excluding hydrogens is 426 g/mol. The molecule has 0 bridgehead atoms. The molecular formula is C23H27N5O3S. The molecule has 1 aromatic carbocycles. The second kappa shape index (κ2) is 9.62. The number of ether oxygens (including phenoxy) is 1. The third-order valence-electron chi connectivity index (χ3n) is 5.28. The number of sulfone groups is 1. The first kappa shape index (κ1) is 22.2. The van der Waals surface area contributed by atoms with E-state index < -0.39 is 9.84 Å². The Balaban J connectivity index is 1.44. The molecule has 32 heavy (non-hydrogen) atoms. The highest BCUT2D eigenvalue weighted by Crippen LogP contribution is 2.29. The van der Waals surface area contributed by atoms with Gasteiger partial charge in [-0.15, -0.1) is 0 Å². The van der Waals surface area contributed by atoms with Crippen molar-refractivity contribution in [1.82, 2.24) is 19.5 Å². The molecule has 0 radical (unpaired) electrons. The number of rotatable bonds is 10. The number of hydrogen-bond acceptors (Lipinski definition) is 7. The molecule has 168 valence electrons. The van der Waals surface area contributed by atoms with Crippen LogP contribution in [0.2, 0.25) is 0 Å². The summed E-state index contributed by atoms with van der Waals surface area (Å²) in [7, 11) is -3.39. The second-order valence-corrected chi connectivity index (χ2v) is 9.65. The van der Waals surface area contributed by atoms with E-state index in [9.17, 15) is 8.42 Å². The van der Waals surface area contributed by atoms with E-state index in [-0.39, 0.29) is 10.8 Å². The minimum Gasteiger partial charge on any atom is -0.382 e. The van der Waals surface area contributed by atoms with Crippen molar-refractivity contribution in [2.45, 2.75) is 37.8 Å². The predicted octanol–water partition coefficient (Wildman–Crippen LogP) is 3.39. The lowest BCUT2D eigenvalue weighted by Gasteiger charge is -2.11. The number of nitrogen functional groups attached to an aromatic ring is 1. The molecule has 8 nitrogen and oxygen atoms in total. The molecule has 0 aliphatic rings. The van der Waals surface area contributed by atoms with Crippen LogP contribution in [0.1, 0.15) is 25.6 Å². The van der Waals surface area contributed by atoms with Gasteiger partial charge >= 0.3 is 0 Å². The van der Waals surface area contributed by atoms with Gasteiger partial charge in [0.2, 0.25) is 0 Å². The summed E-state index contributed by atoms with van der Waals surface area (Å²) < 4.78 is 32.6. The molecule has 0 saturated carbocycles. The van der Waals surface area contributed by atoms with Crippen molar-refractivity contribution < 1.29 is 13.2 Å². The number of hydrogen-bond donors (Lipinski definition) is 1. The number of imidazole rings is 1. The normalized spacial score (nSPS) is 12.0. The number of anilines is 1. The Labute approximate surface area is 187 Å². The van der Waals surface area contributed by atoms with Gasteiger partial charge in [-0.3, -0.25) is 0 Å². The number of aryl methyl sites for hydroxylation is 1. The topological polar surface area (TPSA) is 113 Å². The summed E-state index contributed by atoms with van der Waals surface area (Å²) in [5.41, 5.74) is 8.73. The van der Waals surface area contributed by atoms with Gasteiger partial charge in [0.25, 0.3) is 0 Å². The van der Waals surface area contributed by atoms with E-state index in [2.05, 4.69) is 21.5 Å². The smallest absolute Gasteiger partial charge is 0.195 e. The van der Waals surface area contributed by atoms with E-state index in [1.807, 2.05) is 24.3 Å². The summed E-state index contributed by atoms with van der Waals surface area (Å²) >= 11 is 0. The summed E-state index contributed by atoms with van der Waals surface area (Å²) in [6.45, 7) is 3.52. The third kappa shape index (κ3) is 4.58. The van der Waals surface area contributed by atoms with Crippen LogP contribution < -0.4 is 5.73 Å². The largest absolute Gasteiger partial charge is 0.382 e.